The fourth-order valence-electron chi connectivity index (χ4n) is 2.79. The lowest BCUT2D eigenvalue weighted by Crippen LogP contribution is -2.23. The molecule has 3 rings (SSSR count). The maximum Gasteiger partial charge on any atom is 0.433 e. The molecule has 0 bridgehead atoms. The molecule has 5 nitrogen and oxygen atoms in total. The highest BCUT2D eigenvalue weighted by Gasteiger charge is 2.37. The van der Waals surface area contributed by atoms with Crippen LogP contribution < -0.4 is 11.1 Å². The molecule has 0 saturated heterocycles. The Bertz CT molecular complexity index is 992. The van der Waals surface area contributed by atoms with Crippen LogP contribution in [-0.4, -0.2) is 21.7 Å². The normalized spacial score (nSPS) is 13.7. The number of nitrogens with one attached hydrogen (secondary N) is 2. The Kier molecular flexibility index (Phi) is 4.96. The van der Waals surface area contributed by atoms with E-state index in [0.717, 1.165) is 11.8 Å². The first-order valence-corrected chi connectivity index (χ1v) is 8.06. The summed E-state index contributed by atoms with van der Waals surface area (Å²) in [7, 11) is 0. The third kappa shape index (κ3) is 4.03. The molecule has 0 radical (unpaired) electrons. The Morgan fingerprint density at radius 3 is 2.39 bits per heavy atom. The predicted octanol–water partition coefficient (Wildman–Crippen LogP) is 4.42. The number of benzene rings is 1. The standard InChI is InChI=1S/C17H15F6N5/c1-8-5-14(28-27-8)25-7-12(24)10-6-13(17(21,22)23)26-15-9(10)3-2-4-11(15)16(18,19)20/h2-6,12H,7,24H2,1H3,(H2,25,27,28). The van der Waals surface area contributed by atoms with Crippen molar-refractivity contribution in [3.63, 3.8) is 0 Å². The van der Waals surface area contributed by atoms with Crippen molar-refractivity contribution in [3.8, 4) is 0 Å². The molecule has 0 aliphatic heterocycles. The van der Waals surface area contributed by atoms with Gasteiger partial charge in [-0.2, -0.15) is 31.4 Å². The van der Waals surface area contributed by atoms with Crippen molar-refractivity contribution in [3.05, 3.63) is 52.8 Å². The number of aromatic nitrogens is 3. The fourth-order valence-corrected chi connectivity index (χ4v) is 2.79. The molecule has 0 spiro atoms. The zero-order chi connectivity index (χ0) is 20.7. The van der Waals surface area contributed by atoms with E-state index in [1.807, 2.05) is 0 Å². The highest BCUT2D eigenvalue weighted by molar-refractivity contribution is 5.86. The summed E-state index contributed by atoms with van der Waals surface area (Å²) in [6.07, 6.45) is -9.78. The van der Waals surface area contributed by atoms with Crippen LogP contribution in [0.25, 0.3) is 10.9 Å². The average molecular weight is 403 g/mol. The van der Waals surface area contributed by atoms with Gasteiger partial charge in [-0.05, 0) is 24.6 Å². The lowest BCUT2D eigenvalue weighted by atomic mass is 9.98. The monoisotopic (exact) mass is 403 g/mol. The predicted molar refractivity (Wildman–Crippen MR) is 90.5 cm³/mol. The van der Waals surface area contributed by atoms with Crippen LogP contribution in [0.4, 0.5) is 32.2 Å². The Morgan fingerprint density at radius 1 is 1.11 bits per heavy atom. The summed E-state index contributed by atoms with van der Waals surface area (Å²) >= 11 is 0. The van der Waals surface area contributed by atoms with Gasteiger partial charge in [-0.1, -0.05) is 12.1 Å². The second kappa shape index (κ2) is 6.97. The zero-order valence-corrected chi connectivity index (χ0v) is 14.4. The van der Waals surface area contributed by atoms with Gasteiger partial charge >= 0.3 is 12.4 Å². The Hall–Kier alpha value is -2.82. The van der Waals surface area contributed by atoms with Gasteiger partial charge in [-0.15, -0.1) is 0 Å². The van der Waals surface area contributed by atoms with Gasteiger partial charge < -0.3 is 11.1 Å². The molecule has 2 aromatic heterocycles. The van der Waals surface area contributed by atoms with Crippen molar-refractivity contribution in [2.24, 2.45) is 5.73 Å². The number of fused-ring (bicyclic) bond motifs is 1. The van der Waals surface area contributed by atoms with Crippen molar-refractivity contribution in [1.29, 1.82) is 0 Å². The maximum atomic E-state index is 13.3. The topological polar surface area (TPSA) is 79.6 Å². The molecule has 0 aliphatic carbocycles. The van der Waals surface area contributed by atoms with Crippen LogP contribution in [-0.2, 0) is 12.4 Å². The molecule has 3 aromatic rings. The van der Waals surface area contributed by atoms with E-state index < -0.39 is 35.2 Å². The van der Waals surface area contributed by atoms with Crippen LogP contribution in [0.2, 0.25) is 0 Å². The third-order valence-corrected chi connectivity index (χ3v) is 4.08. The highest BCUT2D eigenvalue weighted by Crippen LogP contribution is 2.38. The smallest absolute Gasteiger partial charge is 0.367 e. The maximum absolute atomic E-state index is 13.3. The van der Waals surface area contributed by atoms with Gasteiger partial charge in [0, 0.05) is 29.7 Å². The van der Waals surface area contributed by atoms with Gasteiger partial charge in [0.1, 0.15) is 11.5 Å². The van der Waals surface area contributed by atoms with Gasteiger partial charge in [0.15, 0.2) is 0 Å². The van der Waals surface area contributed by atoms with E-state index in [1.54, 1.807) is 13.0 Å². The second-order valence-electron chi connectivity index (χ2n) is 6.22. The van der Waals surface area contributed by atoms with Crippen LogP contribution in [0.3, 0.4) is 0 Å². The lowest BCUT2D eigenvalue weighted by molar-refractivity contribution is -0.142. The summed E-state index contributed by atoms with van der Waals surface area (Å²) in [5, 5.41) is 9.34. The first-order valence-electron chi connectivity index (χ1n) is 8.06. The van der Waals surface area contributed by atoms with E-state index >= 15 is 0 Å². The number of hydrogen-bond donors (Lipinski definition) is 3. The number of nitrogens with zero attached hydrogens (tertiary/aromatic N) is 2. The van der Waals surface area contributed by atoms with Crippen molar-refractivity contribution in [2.45, 2.75) is 25.3 Å². The number of H-pyrrole nitrogens is 1. The molecule has 4 N–H and O–H groups in total. The molecule has 1 aromatic carbocycles. The van der Waals surface area contributed by atoms with Crippen LogP contribution in [0.15, 0.2) is 30.3 Å². The Morgan fingerprint density at radius 2 is 1.82 bits per heavy atom. The molecule has 11 heteroatoms. The van der Waals surface area contributed by atoms with E-state index in [4.69, 9.17) is 5.73 Å². The number of aromatic amines is 1. The number of nitrogens with two attached hydrogens (primary N) is 1. The largest absolute Gasteiger partial charge is 0.433 e. The molecule has 0 amide bonds. The molecule has 1 atom stereocenters. The van der Waals surface area contributed by atoms with E-state index in [-0.39, 0.29) is 17.5 Å². The van der Waals surface area contributed by atoms with E-state index in [2.05, 4.69) is 20.5 Å². The van der Waals surface area contributed by atoms with Crippen molar-refractivity contribution < 1.29 is 26.3 Å². The van der Waals surface area contributed by atoms with Crippen molar-refractivity contribution in [2.75, 3.05) is 11.9 Å². The van der Waals surface area contributed by atoms with Gasteiger partial charge in [0.05, 0.1) is 11.1 Å². The van der Waals surface area contributed by atoms with E-state index in [1.165, 1.54) is 6.07 Å². The SMILES string of the molecule is Cc1cc(NCC(N)c2cc(C(F)(F)F)nc3c(C(F)(F)F)cccc23)n[nH]1. The number of pyridine rings is 1. The first kappa shape index (κ1) is 19.9. The summed E-state index contributed by atoms with van der Waals surface area (Å²) in [4.78, 5) is 3.24. The van der Waals surface area contributed by atoms with Crippen LogP contribution in [0, 0.1) is 6.92 Å². The third-order valence-electron chi connectivity index (χ3n) is 4.08. The highest BCUT2D eigenvalue weighted by atomic mass is 19.4. The quantitative estimate of drug-likeness (QED) is 0.564. The molecule has 0 fully saturated rings. The summed E-state index contributed by atoms with van der Waals surface area (Å²) in [5.41, 5.74) is 3.20. The Balaban J connectivity index is 2.09. The molecule has 2 heterocycles. The number of rotatable bonds is 4. The van der Waals surface area contributed by atoms with Gasteiger partial charge in [0.2, 0.25) is 0 Å². The molecule has 0 saturated carbocycles. The first-order chi connectivity index (χ1) is 13.0. The van der Waals surface area contributed by atoms with Gasteiger partial charge in [-0.3, -0.25) is 5.10 Å². The summed E-state index contributed by atoms with van der Waals surface area (Å²) in [6, 6.07) is 4.37. The number of hydrogen-bond acceptors (Lipinski definition) is 4. The molecule has 0 aliphatic rings. The second-order valence-corrected chi connectivity index (χ2v) is 6.22. The van der Waals surface area contributed by atoms with Crippen molar-refractivity contribution >= 4 is 16.7 Å². The van der Waals surface area contributed by atoms with E-state index in [9.17, 15) is 26.3 Å². The number of alkyl halides is 6. The lowest BCUT2D eigenvalue weighted by Gasteiger charge is -2.19. The van der Waals surface area contributed by atoms with Crippen molar-refractivity contribution in [1.82, 2.24) is 15.2 Å². The zero-order valence-electron chi connectivity index (χ0n) is 14.4. The van der Waals surface area contributed by atoms with Gasteiger partial charge in [0.25, 0.3) is 0 Å². The number of halogens is 6. The summed E-state index contributed by atoms with van der Waals surface area (Å²) in [6.45, 7) is 1.71. The minimum Gasteiger partial charge on any atom is -0.367 e. The van der Waals surface area contributed by atoms with Crippen LogP contribution in [0.5, 0.6) is 0 Å². The van der Waals surface area contributed by atoms with Crippen LogP contribution in [0.1, 0.15) is 28.6 Å². The Labute approximate surface area is 154 Å². The fraction of sp³-hybridized carbons (Fsp3) is 0.294. The molecule has 1 unspecified atom stereocenters. The number of aryl methyl sites for hydroxylation is 1. The average Bonchev–Trinajstić information content (AvgIpc) is 3.01. The molecule has 28 heavy (non-hydrogen) atoms. The summed E-state index contributed by atoms with van der Waals surface area (Å²) < 4.78 is 79.5. The summed E-state index contributed by atoms with van der Waals surface area (Å²) in [5.74, 6) is 0.415. The minimum absolute atomic E-state index is 0.0447. The number of anilines is 1. The van der Waals surface area contributed by atoms with Crippen LogP contribution >= 0.6 is 0 Å². The molecule has 150 valence electrons. The number of para-hydroxylation sites is 1. The minimum atomic E-state index is -4.92. The van der Waals surface area contributed by atoms with Gasteiger partial charge in [-0.25, -0.2) is 4.98 Å². The molecular formula is C17H15F6N5. The molecular weight excluding hydrogens is 388 g/mol. The van der Waals surface area contributed by atoms with E-state index in [0.29, 0.717) is 18.0 Å².